The molecule has 188 valence electrons. The third-order valence-electron chi connectivity index (χ3n) is 6.56. The molecule has 12 heteroatoms. The summed E-state index contributed by atoms with van der Waals surface area (Å²) in [7, 11) is 0. The highest BCUT2D eigenvalue weighted by atomic mass is 19.4. The Morgan fingerprint density at radius 3 is 2.53 bits per heavy atom. The first-order chi connectivity index (χ1) is 17.0. The summed E-state index contributed by atoms with van der Waals surface area (Å²) in [6, 6.07) is 4.28. The quantitative estimate of drug-likeness (QED) is 0.442. The highest BCUT2D eigenvalue weighted by Crippen LogP contribution is 2.36. The van der Waals surface area contributed by atoms with Crippen molar-refractivity contribution in [2.75, 3.05) is 18.8 Å². The first-order valence-electron chi connectivity index (χ1n) is 11.5. The lowest BCUT2D eigenvalue weighted by Crippen LogP contribution is -2.43. The molecule has 1 aliphatic rings. The van der Waals surface area contributed by atoms with Gasteiger partial charge in [-0.2, -0.15) is 13.2 Å². The van der Waals surface area contributed by atoms with Crippen LogP contribution >= 0.6 is 0 Å². The number of rotatable bonds is 3. The van der Waals surface area contributed by atoms with E-state index in [2.05, 4.69) is 19.5 Å². The predicted octanol–water partition coefficient (Wildman–Crippen LogP) is 3.50. The number of aliphatic hydroxyl groups excluding tert-OH is 1. The van der Waals surface area contributed by atoms with Crippen LogP contribution in [-0.4, -0.2) is 59.6 Å². The molecule has 1 saturated heterocycles. The second-order valence-electron chi connectivity index (χ2n) is 8.97. The predicted molar refractivity (Wildman–Crippen MR) is 127 cm³/mol. The molecule has 4 aromatic heterocycles. The minimum Gasteiger partial charge on any atom is -0.384 e. The van der Waals surface area contributed by atoms with Crippen LogP contribution in [0.15, 0.2) is 30.6 Å². The average molecular weight is 499 g/mol. The second-order valence-corrected chi connectivity index (χ2v) is 8.97. The van der Waals surface area contributed by atoms with Crippen LogP contribution in [0.4, 0.5) is 19.0 Å². The number of nitrogens with two attached hydrogens (primary N) is 1. The third kappa shape index (κ3) is 4.11. The fourth-order valence-corrected chi connectivity index (χ4v) is 4.81. The molecule has 0 radical (unpaired) electrons. The summed E-state index contributed by atoms with van der Waals surface area (Å²) in [6.07, 6.45) is -1.45. The number of piperidine rings is 1. The van der Waals surface area contributed by atoms with Gasteiger partial charge in [0.25, 0.3) is 5.91 Å². The van der Waals surface area contributed by atoms with Crippen LogP contribution in [-0.2, 0) is 11.0 Å². The molecule has 0 bridgehead atoms. The maximum atomic E-state index is 13.4. The molecule has 1 unspecified atom stereocenters. The zero-order valence-electron chi connectivity index (χ0n) is 19.6. The van der Waals surface area contributed by atoms with E-state index in [9.17, 15) is 23.1 Å². The Bertz CT molecular complexity index is 1470. The van der Waals surface area contributed by atoms with Crippen molar-refractivity contribution in [3.63, 3.8) is 0 Å². The molecule has 1 fully saturated rings. The number of nitrogens with zero attached hydrogens (tertiary/aromatic N) is 6. The zero-order valence-corrected chi connectivity index (χ0v) is 19.6. The molecule has 4 aromatic rings. The maximum absolute atomic E-state index is 13.4. The Kier molecular flexibility index (Phi) is 5.78. The van der Waals surface area contributed by atoms with Gasteiger partial charge in [0.1, 0.15) is 28.8 Å². The second kappa shape index (κ2) is 8.70. The van der Waals surface area contributed by atoms with Gasteiger partial charge in [-0.1, -0.05) is 0 Å². The van der Waals surface area contributed by atoms with Gasteiger partial charge in [0.05, 0.1) is 28.5 Å². The molecule has 5 rings (SSSR count). The smallest absolute Gasteiger partial charge is 0.384 e. The van der Waals surface area contributed by atoms with Crippen LogP contribution in [0.2, 0.25) is 0 Å². The molecular formula is C24H24F3N7O2. The van der Waals surface area contributed by atoms with Crippen LogP contribution in [0.5, 0.6) is 0 Å². The number of fused-ring (bicyclic) bond motifs is 3. The number of halogens is 3. The molecule has 1 aliphatic heterocycles. The Balaban J connectivity index is 1.59. The highest BCUT2D eigenvalue weighted by molar-refractivity contribution is 6.00. The van der Waals surface area contributed by atoms with Crippen molar-refractivity contribution in [3.8, 4) is 11.3 Å². The normalized spacial score (nSPS) is 16.1. The van der Waals surface area contributed by atoms with Gasteiger partial charge in [0.15, 0.2) is 0 Å². The SMILES string of the molecule is Cc1nc2cnc3ccc(-c4cnc(N)c(C(F)(F)F)c4)nc3c2n1C1CCN(C(=O)C(C)O)CC1. The van der Waals surface area contributed by atoms with Crippen molar-refractivity contribution >= 4 is 33.8 Å². The number of nitrogen functional groups attached to an aromatic ring is 1. The fraction of sp³-hybridized carbons (Fsp3) is 0.375. The van der Waals surface area contributed by atoms with Crippen LogP contribution < -0.4 is 5.73 Å². The van der Waals surface area contributed by atoms with Crippen LogP contribution in [0.25, 0.3) is 33.3 Å². The Morgan fingerprint density at radius 2 is 1.86 bits per heavy atom. The maximum Gasteiger partial charge on any atom is 0.419 e. The molecule has 0 aliphatic carbocycles. The van der Waals surface area contributed by atoms with E-state index >= 15 is 0 Å². The standard InChI is InChI=1S/C24H24F3N7O2/c1-12(35)23(36)33-7-5-15(6-8-33)34-13(2)31-19-11-29-18-4-3-17(32-20(18)21(19)34)14-9-16(24(25,26)27)22(28)30-10-14/h3-4,9-12,15,35H,5-8H2,1-2H3,(H2,28,30). The first-order valence-corrected chi connectivity index (χ1v) is 11.5. The monoisotopic (exact) mass is 499 g/mol. The Morgan fingerprint density at radius 1 is 1.14 bits per heavy atom. The van der Waals surface area contributed by atoms with E-state index in [0.29, 0.717) is 48.2 Å². The lowest BCUT2D eigenvalue weighted by atomic mass is 10.0. The number of hydrogen-bond acceptors (Lipinski definition) is 7. The number of aliphatic hydroxyl groups is 1. The number of alkyl halides is 3. The molecule has 0 spiro atoms. The summed E-state index contributed by atoms with van der Waals surface area (Å²) in [5.41, 5.74) is 7.38. The first kappa shape index (κ1) is 23.9. The number of carbonyl (C=O) groups excluding carboxylic acids is 1. The summed E-state index contributed by atoms with van der Waals surface area (Å²) in [5, 5.41) is 9.63. The van der Waals surface area contributed by atoms with Gasteiger partial charge >= 0.3 is 6.18 Å². The summed E-state index contributed by atoms with van der Waals surface area (Å²) >= 11 is 0. The van der Waals surface area contributed by atoms with Gasteiger partial charge in [-0.3, -0.25) is 9.78 Å². The molecule has 1 amide bonds. The van der Waals surface area contributed by atoms with Crippen molar-refractivity contribution in [1.82, 2.24) is 29.4 Å². The van der Waals surface area contributed by atoms with Gasteiger partial charge in [0.2, 0.25) is 0 Å². The largest absolute Gasteiger partial charge is 0.419 e. The van der Waals surface area contributed by atoms with Gasteiger partial charge in [-0.05, 0) is 44.9 Å². The minimum atomic E-state index is -4.64. The summed E-state index contributed by atoms with van der Waals surface area (Å²) in [5.74, 6) is -0.137. The molecule has 36 heavy (non-hydrogen) atoms. The molecule has 9 nitrogen and oxygen atoms in total. The Labute approximate surface area is 203 Å². The van der Waals surface area contributed by atoms with E-state index in [1.807, 2.05) is 6.92 Å². The number of aryl methyl sites for hydroxylation is 1. The number of hydrogen-bond donors (Lipinski definition) is 2. The van der Waals surface area contributed by atoms with Gasteiger partial charge in [-0.15, -0.1) is 0 Å². The van der Waals surface area contributed by atoms with Crippen LogP contribution in [0.3, 0.4) is 0 Å². The zero-order chi connectivity index (χ0) is 25.8. The number of likely N-dealkylation sites (tertiary alicyclic amines) is 1. The topological polar surface area (TPSA) is 123 Å². The number of aromatic nitrogens is 5. The van der Waals surface area contributed by atoms with Gasteiger partial charge < -0.3 is 20.3 Å². The number of amides is 1. The summed E-state index contributed by atoms with van der Waals surface area (Å²) in [6.45, 7) is 4.32. The molecule has 0 aromatic carbocycles. The van der Waals surface area contributed by atoms with Gasteiger partial charge in [0, 0.05) is 30.9 Å². The number of pyridine rings is 3. The lowest BCUT2D eigenvalue weighted by molar-refractivity contribution is -0.140. The number of imidazole rings is 1. The number of carbonyl (C=O) groups is 1. The molecular weight excluding hydrogens is 475 g/mol. The van der Waals surface area contributed by atoms with E-state index in [0.717, 1.165) is 17.4 Å². The lowest BCUT2D eigenvalue weighted by Gasteiger charge is -2.34. The van der Waals surface area contributed by atoms with E-state index in [4.69, 9.17) is 10.7 Å². The van der Waals surface area contributed by atoms with Crippen molar-refractivity contribution < 1.29 is 23.1 Å². The van der Waals surface area contributed by atoms with Crippen LogP contribution in [0, 0.1) is 6.92 Å². The average Bonchev–Trinajstić information content (AvgIpc) is 3.19. The van der Waals surface area contributed by atoms with Crippen molar-refractivity contribution in [2.24, 2.45) is 0 Å². The molecule has 0 saturated carbocycles. The fourth-order valence-electron chi connectivity index (χ4n) is 4.81. The Hall–Kier alpha value is -3.80. The highest BCUT2D eigenvalue weighted by Gasteiger charge is 2.34. The molecule has 3 N–H and O–H groups in total. The molecule has 5 heterocycles. The third-order valence-corrected chi connectivity index (χ3v) is 6.56. The van der Waals surface area contributed by atoms with Crippen molar-refractivity contribution in [1.29, 1.82) is 0 Å². The van der Waals surface area contributed by atoms with Crippen LogP contribution in [0.1, 0.15) is 37.2 Å². The van der Waals surface area contributed by atoms with Crippen molar-refractivity contribution in [2.45, 2.75) is 45.0 Å². The van der Waals surface area contributed by atoms with Gasteiger partial charge in [-0.25, -0.2) is 15.0 Å². The summed E-state index contributed by atoms with van der Waals surface area (Å²) in [4.78, 5) is 31.3. The van der Waals surface area contributed by atoms with E-state index in [1.54, 1.807) is 23.2 Å². The van der Waals surface area contributed by atoms with Crippen molar-refractivity contribution in [3.05, 3.63) is 42.0 Å². The number of anilines is 1. The minimum absolute atomic E-state index is 0.0270. The summed E-state index contributed by atoms with van der Waals surface area (Å²) < 4.78 is 42.2. The van der Waals surface area contributed by atoms with E-state index in [-0.39, 0.29) is 17.5 Å². The van der Waals surface area contributed by atoms with E-state index in [1.165, 1.54) is 13.1 Å². The molecule has 1 atom stereocenters. The van der Waals surface area contributed by atoms with E-state index < -0.39 is 23.7 Å².